The molecule has 0 bridgehead atoms. The van der Waals surface area contributed by atoms with Crippen molar-refractivity contribution in [2.75, 3.05) is 33.0 Å². The molecule has 0 saturated heterocycles. The number of nitrogens with two attached hydrogens (primary N) is 1. The fourth-order valence-electron chi connectivity index (χ4n) is 3.00. The van der Waals surface area contributed by atoms with E-state index < -0.39 is 0 Å². The van der Waals surface area contributed by atoms with Crippen LogP contribution >= 0.6 is 11.6 Å². The highest BCUT2D eigenvalue weighted by molar-refractivity contribution is 6.33. The van der Waals surface area contributed by atoms with E-state index in [1.165, 1.54) is 0 Å². The number of halogens is 1. The predicted octanol–water partition coefficient (Wildman–Crippen LogP) is 3.12. The third-order valence-electron chi connectivity index (χ3n) is 4.27. The first-order chi connectivity index (χ1) is 11.5. The molecule has 0 atom stereocenters. The zero-order chi connectivity index (χ0) is 17.3. The minimum atomic E-state index is 0.303. The van der Waals surface area contributed by atoms with E-state index in [1.54, 1.807) is 0 Å². The number of ether oxygens (including phenoxy) is 1. The Morgan fingerprint density at radius 2 is 2.04 bits per heavy atom. The quantitative estimate of drug-likeness (QED) is 0.901. The van der Waals surface area contributed by atoms with Gasteiger partial charge in [-0.25, -0.2) is 9.97 Å². The van der Waals surface area contributed by atoms with Crippen molar-refractivity contribution in [2.45, 2.75) is 26.2 Å². The van der Waals surface area contributed by atoms with Crippen molar-refractivity contribution < 1.29 is 4.74 Å². The summed E-state index contributed by atoms with van der Waals surface area (Å²) < 4.78 is 5.94. The summed E-state index contributed by atoms with van der Waals surface area (Å²) in [6.45, 7) is 3.48. The van der Waals surface area contributed by atoms with E-state index in [9.17, 15) is 0 Å². The standard InChI is InChI=1S/C18H23ClN4O/c1-11-9-14(19)13(10-16(11)24-8-7-23(2)3)17-12-5-4-6-15(12)21-18(20)22-17/h9-10H,4-8H2,1-3H3,(H2,20,21,22). The maximum absolute atomic E-state index is 6.51. The molecular formula is C18H23ClN4O. The van der Waals surface area contributed by atoms with Crippen molar-refractivity contribution in [3.05, 3.63) is 34.0 Å². The van der Waals surface area contributed by atoms with Crippen LogP contribution in [0.1, 0.15) is 23.2 Å². The summed E-state index contributed by atoms with van der Waals surface area (Å²) in [6.07, 6.45) is 2.99. The zero-order valence-corrected chi connectivity index (χ0v) is 15.2. The van der Waals surface area contributed by atoms with Crippen molar-refractivity contribution in [2.24, 2.45) is 0 Å². The molecule has 0 aliphatic heterocycles. The maximum atomic E-state index is 6.51. The lowest BCUT2D eigenvalue weighted by Crippen LogP contribution is -2.19. The third kappa shape index (κ3) is 3.47. The van der Waals surface area contributed by atoms with Crippen LogP contribution in [-0.2, 0) is 12.8 Å². The van der Waals surface area contributed by atoms with Crippen molar-refractivity contribution in [3.63, 3.8) is 0 Å². The Kier molecular flexibility index (Phi) is 4.92. The average Bonchev–Trinajstić information content (AvgIpc) is 2.96. The van der Waals surface area contributed by atoms with Gasteiger partial charge in [0.15, 0.2) is 0 Å². The van der Waals surface area contributed by atoms with Gasteiger partial charge in [-0.1, -0.05) is 11.6 Å². The van der Waals surface area contributed by atoms with Gasteiger partial charge in [0, 0.05) is 23.4 Å². The molecule has 6 heteroatoms. The van der Waals surface area contributed by atoms with Crippen LogP contribution in [0.2, 0.25) is 5.02 Å². The van der Waals surface area contributed by atoms with Crippen molar-refractivity contribution in [1.82, 2.24) is 14.9 Å². The van der Waals surface area contributed by atoms with Gasteiger partial charge in [0.05, 0.1) is 10.7 Å². The summed E-state index contributed by atoms with van der Waals surface area (Å²) in [5.41, 5.74) is 10.8. The van der Waals surface area contributed by atoms with Crippen LogP contribution in [0, 0.1) is 6.92 Å². The Morgan fingerprint density at radius 3 is 2.79 bits per heavy atom. The van der Waals surface area contributed by atoms with Gasteiger partial charge in [0.1, 0.15) is 12.4 Å². The van der Waals surface area contributed by atoms with E-state index in [4.69, 9.17) is 22.1 Å². The van der Waals surface area contributed by atoms with Crippen molar-refractivity contribution in [3.8, 4) is 17.0 Å². The Morgan fingerprint density at radius 1 is 1.25 bits per heavy atom. The monoisotopic (exact) mass is 346 g/mol. The number of aryl methyl sites for hydroxylation is 2. The number of nitrogens with zero attached hydrogens (tertiary/aromatic N) is 3. The largest absolute Gasteiger partial charge is 0.492 e. The van der Waals surface area contributed by atoms with Crippen LogP contribution in [-0.4, -0.2) is 42.1 Å². The molecular weight excluding hydrogens is 324 g/mol. The first-order valence-corrected chi connectivity index (χ1v) is 8.57. The van der Waals surface area contributed by atoms with Crippen LogP contribution in [0.15, 0.2) is 12.1 Å². The first-order valence-electron chi connectivity index (χ1n) is 8.19. The van der Waals surface area contributed by atoms with Gasteiger partial charge in [0.2, 0.25) is 5.95 Å². The van der Waals surface area contributed by atoms with Crippen LogP contribution < -0.4 is 10.5 Å². The van der Waals surface area contributed by atoms with E-state index in [0.717, 1.165) is 59.6 Å². The van der Waals surface area contributed by atoms with E-state index in [2.05, 4.69) is 14.9 Å². The maximum Gasteiger partial charge on any atom is 0.220 e. The summed E-state index contributed by atoms with van der Waals surface area (Å²) >= 11 is 6.51. The molecule has 0 radical (unpaired) electrons. The smallest absolute Gasteiger partial charge is 0.220 e. The second-order valence-corrected chi connectivity index (χ2v) is 6.87. The molecule has 0 saturated carbocycles. The van der Waals surface area contributed by atoms with Crippen LogP contribution in [0.3, 0.4) is 0 Å². The highest BCUT2D eigenvalue weighted by Gasteiger charge is 2.22. The average molecular weight is 347 g/mol. The van der Waals surface area contributed by atoms with Crippen LogP contribution in [0.4, 0.5) is 5.95 Å². The highest BCUT2D eigenvalue weighted by atomic mass is 35.5. The van der Waals surface area contributed by atoms with Gasteiger partial charge in [-0.3, -0.25) is 0 Å². The Hall–Kier alpha value is -1.85. The molecule has 0 unspecified atom stereocenters. The second-order valence-electron chi connectivity index (χ2n) is 6.46. The molecule has 2 aromatic rings. The van der Waals surface area contributed by atoms with E-state index in [-0.39, 0.29) is 0 Å². The fourth-order valence-corrected chi connectivity index (χ4v) is 3.31. The molecule has 2 N–H and O–H groups in total. The Balaban J connectivity index is 1.99. The SMILES string of the molecule is Cc1cc(Cl)c(-c2nc(N)nc3c2CCC3)cc1OCCN(C)C. The first kappa shape index (κ1) is 17.0. The number of fused-ring (bicyclic) bond motifs is 1. The zero-order valence-electron chi connectivity index (χ0n) is 14.4. The van der Waals surface area contributed by atoms with Gasteiger partial charge in [-0.15, -0.1) is 0 Å². The van der Waals surface area contributed by atoms with E-state index in [1.807, 2.05) is 33.2 Å². The molecule has 1 aromatic heterocycles. The van der Waals surface area contributed by atoms with Crippen LogP contribution in [0.25, 0.3) is 11.3 Å². The number of nitrogen functional groups attached to an aromatic ring is 1. The minimum Gasteiger partial charge on any atom is -0.492 e. The van der Waals surface area contributed by atoms with Crippen molar-refractivity contribution in [1.29, 1.82) is 0 Å². The van der Waals surface area contributed by atoms with Crippen LogP contribution in [0.5, 0.6) is 5.75 Å². The van der Waals surface area contributed by atoms with Gasteiger partial charge >= 0.3 is 0 Å². The molecule has 24 heavy (non-hydrogen) atoms. The third-order valence-corrected chi connectivity index (χ3v) is 4.58. The molecule has 1 aromatic carbocycles. The minimum absolute atomic E-state index is 0.303. The number of likely N-dealkylation sites (N-methyl/N-ethyl adjacent to an activating group) is 1. The summed E-state index contributed by atoms with van der Waals surface area (Å²) in [4.78, 5) is 10.9. The van der Waals surface area contributed by atoms with Gasteiger partial charge < -0.3 is 15.4 Å². The topological polar surface area (TPSA) is 64.3 Å². The number of aromatic nitrogens is 2. The lowest BCUT2D eigenvalue weighted by molar-refractivity contribution is 0.260. The Bertz CT molecular complexity index is 761. The van der Waals surface area contributed by atoms with E-state index >= 15 is 0 Å². The number of rotatable bonds is 5. The van der Waals surface area contributed by atoms with E-state index in [0.29, 0.717) is 17.6 Å². The van der Waals surface area contributed by atoms with Gasteiger partial charge in [-0.05, 0) is 58.0 Å². The van der Waals surface area contributed by atoms with Gasteiger partial charge in [-0.2, -0.15) is 0 Å². The molecule has 1 heterocycles. The Labute approximate surface area is 147 Å². The molecule has 0 fully saturated rings. The lowest BCUT2D eigenvalue weighted by atomic mass is 10.0. The number of hydrogen-bond acceptors (Lipinski definition) is 5. The number of anilines is 1. The summed E-state index contributed by atoms with van der Waals surface area (Å²) in [5.74, 6) is 1.14. The molecule has 3 rings (SSSR count). The molecule has 1 aliphatic rings. The molecule has 0 spiro atoms. The summed E-state index contributed by atoms with van der Waals surface area (Å²) in [5, 5.41) is 0.666. The molecule has 1 aliphatic carbocycles. The summed E-state index contributed by atoms with van der Waals surface area (Å²) in [6, 6.07) is 3.91. The lowest BCUT2D eigenvalue weighted by Gasteiger charge is -2.16. The number of benzene rings is 1. The van der Waals surface area contributed by atoms with Gasteiger partial charge in [0.25, 0.3) is 0 Å². The number of hydrogen-bond donors (Lipinski definition) is 1. The molecule has 128 valence electrons. The fraction of sp³-hybridized carbons (Fsp3) is 0.444. The normalized spacial score (nSPS) is 13.4. The molecule has 5 nitrogen and oxygen atoms in total. The second kappa shape index (κ2) is 6.95. The molecule has 0 amide bonds. The highest BCUT2D eigenvalue weighted by Crippen LogP contribution is 2.37. The predicted molar refractivity (Wildman–Crippen MR) is 97.7 cm³/mol. The van der Waals surface area contributed by atoms with Crippen molar-refractivity contribution >= 4 is 17.5 Å². The summed E-state index contributed by atoms with van der Waals surface area (Å²) in [7, 11) is 4.05.